The van der Waals surface area contributed by atoms with E-state index in [9.17, 15) is 4.91 Å². The van der Waals surface area contributed by atoms with E-state index in [2.05, 4.69) is 5.18 Å². The molecule has 0 rings (SSSR count). The van der Waals surface area contributed by atoms with Gasteiger partial charge in [-0.05, 0) is 6.42 Å². The summed E-state index contributed by atoms with van der Waals surface area (Å²) in [4.78, 5) is 9.42. The smallest absolute Gasteiger partial charge is 0.0836 e. The maximum Gasteiger partial charge on any atom is 0.0836 e. The SMILES string of the molecule is O=NCC[C@H](O)CCl. The van der Waals surface area contributed by atoms with E-state index >= 15 is 0 Å². The van der Waals surface area contributed by atoms with Crippen LogP contribution in [-0.4, -0.2) is 23.6 Å². The fraction of sp³-hybridized carbons (Fsp3) is 1.00. The number of aliphatic hydroxyl groups excluding tert-OH is 1. The second kappa shape index (κ2) is 5.00. The van der Waals surface area contributed by atoms with Crippen LogP contribution in [0.2, 0.25) is 0 Å². The third-order valence-electron chi connectivity index (χ3n) is 0.732. The van der Waals surface area contributed by atoms with Crippen molar-refractivity contribution in [3.05, 3.63) is 4.91 Å². The highest BCUT2D eigenvalue weighted by molar-refractivity contribution is 6.18. The first-order valence-electron chi connectivity index (χ1n) is 2.34. The number of hydrogen-bond acceptors (Lipinski definition) is 3. The van der Waals surface area contributed by atoms with Crippen molar-refractivity contribution < 1.29 is 5.11 Å². The monoisotopic (exact) mass is 137 g/mol. The maximum absolute atomic E-state index is 9.42. The Labute approximate surface area is 52.6 Å². The van der Waals surface area contributed by atoms with Gasteiger partial charge in [0.25, 0.3) is 0 Å². The molecular formula is C4H8ClNO2. The van der Waals surface area contributed by atoms with Crippen LogP contribution in [0, 0.1) is 4.91 Å². The lowest BCUT2D eigenvalue weighted by atomic mass is 10.3. The standard InChI is InChI=1S/C4H8ClNO2/c5-3-4(7)1-2-6-8/h4,7H,1-3H2/t4-/m0/s1. The minimum absolute atomic E-state index is 0.147. The molecule has 0 bridgehead atoms. The quantitative estimate of drug-likeness (QED) is 0.459. The number of nitroso groups, excluding NO2 is 1. The third-order valence-corrected chi connectivity index (χ3v) is 1.09. The largest absolute Gasteiger partial charge is 0.392 e. The van der Waals surface area contributed by atoms with Crippen LogP contribution in [0.4, 0.5) is 0 Å². The van der Waals surface area contributed by atoms with E-state index in [0.717, 1.165) is 0 Å². The van der Waals surface area contributed by atoms with Crippen LogP contribution in [0.5, 0.6) is 0 Å². The molecule has 8 heavy (non-hydrogen) atoms. The van der Waals surface area contributed by atoms with Gasteiger partial charge in [-0.25, -0.2) is 0 Å². The third kappa shape index (κ3) is 4.02. The molecule has 0 heterocycles. The second-order valence-corrected chi connectivity index (χ2v) is 1.76. The van der Waals surface area contributed by atoms with Crippen molar-refractivity contribution in [1.82, 2.24) is 0 Å². The molecule has 1 atom stereocenters. The molecule has 0 fully saturated rings. The average Bonchev–Trinajstić information content (AvgIpc) is 1.83. The van der Waals surface area contributed by atoms with Crippen LogP contribution < -0.4 is 0 Å². The minimum Gasteiger partial charge on any atom is -0.392 e. The molecule has 0 amide bonds. The number of nitrogens with zero attached hydrogens (tertiary/aromatic N) is 1. The molecule has 0 unspecified atom stereocenters. The molecule has 0 aliphatic heterocycles. The van der Waals surface area contributed by atoms with Crippen LogP contribution in [-0.2, 0) is 0 Å². The van der Waals surface area contributed by atoms with Gasteiger partial charge in [-0.2, -0.15) is 4.91 Å². The van der Waals surface area contributed by atoms with Crippen molar-refractivity contribution in [2.45, 2.75) is 12.5 Å². The van der Waals surface area contributed by atoms with Crippen molar-refractivity contribution >= 4 is 11.6 Å². The summed E-state index contributed by atoms with van der Waals surface area (Å²) in [5, 5.41) is 11.2. The zero-order valence-electron chi connectivity index (χ0n) is 4.38. The molecule has 0 aromatic rings. The van der Waals surface area contributed by atoms with Gasteiger partial charge in [0.2, 0.25) is 0 Å². The van der Waals surface area contributed by atoms with Gasteiger partial charge < -0.3 is 5.11 Å². The molecular weight excluding hydrogens is 130 g/mol. The summed E-state index contributed by atoms with van der Waals surface area (Å²) < 4.78 is 0. The van der Waals surface area contributed by atoms with E-state index in [1.54, 1.807) is 0 Å². The summed E-state index contributed by atoms with van der Waals surface area (Å²) in [6.45, 7) is 0.147. The molecule has 0 aromatic heterocycles. The Morgan fingerprint density at radius 2 is 2.38 bits per heavy atom. The fourth-order valence-corrected chi connectivity index (χ4v) is 0.433. The number of alkyl halides is 1. The Balaban J connectivity index is 2.97. The first-order chi connectivity index (χ1) is 3.81. The van der Waals surface area contributed by atoms with Crippen LogP contribution >= 0.6 is 11.6 Å². The van der Waals surface area contributed by atoms with Gasteiger partial charge in [0.1, 0.15) is 0 Å². The molecule has 1 N–H and O–H groups in total. The fourth-order valence-electron chi connectivity index (χ4n) is 0.279. The van der Waals surface area contributed by atoms with E-state index in [1.165, 1.54) is 0 Å². The summed E-state index contributed by atoms with van der Waals surface area (Å²) in [5.41, 5.74) is 0. The molecule has 0 saturated carbocycles. The number of rotatable bonds is 4. The Kier molecular flexibility index (Phi) is 4.90. The van der Waals surface area contributed by atoms with Crippen LogP contribution in [0.1, 0.15) is 6.42 Å². The van der Waals surface area contributed by atoms with Gasteiger partial charge in [-0.1, -0.05) is 5.18 Å². The summed E-state index contributed by atoms with van der Waals surface area (Å²) >= 11 is 5.19. The van der Waals surface area contributed by atoms with Gasteiger partial charge in [0.15, 0.2) is 0 Å². The lowest BCUT2D eigenvalue weighted by Crippen LogP contribution is -2.08. The van der Waals surface area contributed by atoms with E-state index in [4.69, 9.17) is 16.7 Å². The molecule has 0 aromatic carbocycles. The topological polar surface area (TPSA) is 49.7 Å². The first kappa shape index (κ1) is 7.85. The van der Waals surface area contributed by atoms with Crippen LogP contribution in [0.25, 0.3) is 0 Å². The first-order valence-corrected chi connectivity index (χ1v) is 2.88. The van der Waals surface area contributed by atoms with Gasteiger partial charge in [-0.3, -0.25) is 0 Å². The molecule has 48 valence electrons. The van der Waals surface area contributed by atoms with E-state index < -0.39 is 6.10 Å². The van der Waals surface area contributed by atoms with Gasteiger partial charge in [-0.15, -0.1) is 11.6 Å². The molecule has 0 radical (unpaired) electrons. The molecule has 0 aliphatic rings. The van der Waals surface area contributed by atoms with Crippen LogP contribution in [0.15, 0.2) is 5.18 Å². The zero-order valence-corrected chi connectivity index (χ0v) is 5.14. The van der Waals surface area contributed by atoms with E-state index in [0.29, 0.717) is 6.42 Å². The Morgan fingerprint density at radius 1 is 1.75 bits per heavy atom. The predicted molar refractivity (Wildman–Crippen MR) is 32.0 cm³/mol. The van der Waals surface area contributed by atoms with Gasteiger partial charge in [0, 0.05) is 5.88 Å². The van der Waals surface area contributed by atoms with E-state index in [1.807, 2.05) is 0 Å². The highest BCUT2D eigenvalue weighted by Gasteiger charge is 1.98. The second-order valence-electron chi connectivity index (χ2n) is 1.45. The molecule has 0 aliphatic carbocycles. The number of aliphatic hydroxyl groups is 1. The maximum atomic E-state index is 9.42. The number of halogens is 1. The van der Waals surface area contributed by atoms with Crippen LogP contribution in [0.3, 0.4) is 0 Å². The average molecular weight is 138 g/mol. The molecule has 0 saturated heterocycles. The zero-order chi connectivity index (χ0) is 6.41. The Bertz CT molecular complexity index is 69.1. The molecule has 3 nitrogen and oxygen atoms in total. The molecule has 4 heteroatoms. The van der Waals surface area contributed by atoms with Crippen molar-refractivity contribution in [2.24, 2.45) is 5.18 Å². The lowest BCUT2D eigenvalue weighted by Gasteiger charge is -1.99. The lowest BCUT2D eigenvalue weighted by molar-refractivity contribution is 0.190. The molecule has 0 spiro atoms. The number of hydrogen-bond donors (Lipinski definition) is 1. The summed E-state index contributed by atoms with van der Waals surface area (Å²) in [6.07, 6.45) is -0.207. The predicted octanol–water partition coefficient (Wildman–Crippen LogP) is 0.743. The van der Waals surface area contributed by atoms with Gasteiger partial charge >= 0.3 is 0 Å². The highest BCUT2D eigenvalue weighted by atomic mass is 35.5. The van der Waals surface area contributed by atoms with Crippen molar-refractivity contribution in [1.29, 1.82) is 0 Å². The highest BCUT2D eigenvalue weighted by Crippen LogP contribution is 1.93. The Hall–Kier alpha value is -0.150. The normalized spacial score (nSPS) is 13.2. The summed E-state index contributed by atoms with van der Waals surface area (Å²) in [7, 11) is 0. The summed E-state index contributed by atoms with van der Waals surface area (Å²) in [5.74, 6) is 0.176. The minimum atomic E-state index is -0.575. The Morgan fingerprint density at radius 3 is 2.75 bits per heavy atom. The van der Waals surface area contributed by atoms with Crippen molar-refractivity contribution in [2.75, 3.05) is 12.4 Å². The van der Waals surface area contributed by atoms with Crippen molar-refractivity contribution in [3.8, 4) is 0 Å². The van der Waals surface area contributed by atoms with E-state index in [-0.39, 0.29) is 12.4 Å². The van der Waals surface area contributed by atoms with Gasteiger partial charge in [0.05, 0.1) is 12.6 Å². The van der Waals surface area contributed by atoms with Crippen molar-refractivity contribution in [3.63, 3.8) is 0 Å². The summed E-state index contributed by atoms with van der Waals surface area (Å²) in [6, 6.07) is 0.